The molecule has 0 spiro atoms. The molecule has 17 heavy (non-hydrogen) atoms. The Morgan fingerprint density at radius 2 is 2.06 bits per heavy atom. The quantitative estimate of drug-likeness (QED) is 0.860. The first-order valence-corrected chi connectivity index (χ1v) is 6.52. The SMILES string of the molecule is CCCCC(N)C(=O)Cc1ccc(Cl)c(Cl)c1. The van der Waals surface area contributed by atoms with Gasteiger partial charge in [0.15, 0.2) is 5.78 Å². The van der Waals surface area contributed by atoms with Crippen LogP contribution in [0.5, 0.6) is 0 Å². The van der Waals surface area contributed by atoms with E-state index in [1.165, 1.54) is 0 Å². The number of benzene rings is 1. The van der Waals surface area contributed by atoms with E-state index >= 15 is 0 Å². The lowest BCUT2D eigenvalue weighted by atomic mass is 10.0. The summed E-state index contributed by atoms with van der Waals surface area (Å²) in [5, 5.41) is 0.970. The van der Waals surface area contributed by atoms with Crippen molar-refractivity contribution in [2.75, 3.05) is 0 Å². The number of nitrogens with two attached hydrogens (primary N) is 1. The Morgan fingerprint density at radius 1 is 1.35 bits per heavy atom. The molecule has 1 aromatic rings. The van der Waals surface area contributed by atoms with Crippen molar-refractivity contribution in [3.63, 3.8) is 0 Å². The lowest BCUT2D eigenvalue weighted by Gasteiger charge is -2.10. The Hall–Kier alpha value is -0.570. The average Bonchev–Trinajstić information content (AvgIpc) is 2.30. The minimum atomic E-state index is -0.371. The van der Waals surface area contributed by atoms with E-state index in [0.29, 0.717) is 16.5 Å². The van der Waals surface area contributed by atoms with Crippen molar-refractivity contribution < 1.29 is 4.79 Å². The fourth-order valence-corrected chi connectivity index (χ4v) is 1.89. The van der Waals surface area contributed by atoms with E-state index < -0.39 is 0 Å². The third-order valence-electron chi connectivity index (χ3n) is 2.64. The molecule has 0 aliphatic carbocycles. The molecule has 0 aromatic heterocycles. The van der Waals surface area contributed by atoms with Gasteiger partial charge in [0.05, 0.1) is 16.1 Å². The lowest BCUT2D eigenvalue weighted by Crippen LogP contribution is -2.31. The standard InChI is InChI=1S/C13H17Cl2NO/c1-2-3-4-12(16)13(17)8-9-5-6-10(14)11(15)7-9/h5-7,12H,2-4,8,16H2,1H3. The van der Waals surface area contributed by atoms with Crippen molar-refractivity contribution in [1.29, 1.82) is 0 Å². The highest BCUT2D eigenvalue weighted by Gasteiger charge is 2.13. The first-order valence-electron chi connectivity index (χ1n) is 5.76. The Bertz CT molecular complexity index is 393. The summed E-state index contributed by atoms with van der Waals surface area (Å²) in [5.74, 6) is 0.0526. The molecule has 0 radical (unpaired) electrons. The number of unbranched alkanes of at least 4 members (excludes halogenated alkanes) is 1. The zero-order valence-corrected chi connectivity index (χ0v) is 11.4. The Balaban J connectivity index is 2.58. The topological polar surface area (TPSA) is 43.1 Å². The molecule has 0 aliphatic rings. The van der Waals surface area contributed by atoms with Crippen LogP contribution in [-0.2, 0) is 11.2 Å². The van der Waals surface area contributed by atoms with Crippen LogP contribution in [0.2, 0.25) is 10.0 Å². The predicted octanol–water partition coefficient (Wildman–Crippen LogP) is 3.62. The summed E-state index contributed by atoms with van der Waals surface area (Å²) in [6.45, 7) is 2.08. The molecule has 0 amide bonds. The molecule has 1 rings (SSSR count). The first-order chi connectivity index (χ1) is 8.04. The van der Waals surface area contributed by atoms with Crippen molar-refractivity contribution in [3.05, 3.63) is 33.8 Å². The number of rotatable bonds is 6. The molecule has 0 fully saturated rings. The molecule has 1 aromatic carbocycles. The van der Waals surface area contributed by atoms with Gasteiger partial charge in [-0.3, -0.25) is 4.79 Å². The molecule has 1 atom stereocenters. The van der Waals surface area contributed by atoms with Gasteiger partial charge in [-0.25, -0.2) is 0 Å². The van der Waals surface area contributed by atoms with E-state index in [1.807, 2.05) is 0 Å². The van der Waals surface area contributed by atoms with Gasteiger partial charge < -0.3 is 5.73 Å². The van der Waals surface area contributed by atoms with Crippen molar-refractivity contribution in [1.82, 2.24) is 0 Å². The molecule has 0 saturated carbocycles. The van der Waals surface area contributed by atoms with Crippen LogP contribution in [0.4, 0.5) is 0 Å². The van der Waals surface area contributed by atoms with E-state index in [-0.39, 0.29) is 11.8 Å². The van der Waals surface area contributed by atoms with Crippen LogP contribution in [0, 0.1) is 0 Å². The van der Waals surface area contributed by atoms with Gasteiger partial charge in [-0.05, 0) is 24.1 Å². The predicted molar refractivity (Wildman–Crippen MR) is 72.7 cm³/mol. The fourth-order valence-electron chi connectivity index (χ4n) is 1.57. The summed E-state index contributed by atoms with van der Waals surface area (Å²) in [5.41, 5.74) is 6.67. The van der Waals surface area contributed by atoms with Gasteiger partial charge in [-0.1, -0.05) is 49.0 Å². The molecule has 2 N–H and O–H groups in total. The monoisotopic (exact) mass is 273 g/mol. The smallest absolute Gasteiger partial charge is 0.153 e. The van der Waals surface area contributed by atoms with Crippen LogP contribution in [-0.4, -0.2) is 11.8 Å². The second-order valence-electron chi connectivity index (χ2n) is 4.14. The second-order valence-corrected chi connectivity index (χ2v) is 4.95. The molecule has 2 nitrogen and oxygen atoms in total. The van der Waals surface area contributed by atoms with E-state index in [2.05, 4.69) is 6.92 Å². The van der Waals surface area contributed by atoms with Crippen LogP contribution in [0.15, 0.2) is 18.2 Å². The number of carbonyl (C=O) groups is 1. The normalized spacial score (nSPS) is 12.5. The molecule has 0 aliphatic heterocycles. The van der Waals surface area contributed by atoms with E-state index in [9.17, 15) is 4.79 Å². The molecule has 94 valence electrons. The number of hydrogen-bond donors (Lipinski definition) is 1. The van der Waals surface area contributed by atoms with Crippen LogP contribution in [0.25, 0.3) is 0 Å². The van der Waals surface area contributed by atoms with Gasteiger partial charge in [0.25, 0.3) is 0 Å². The number of carbonyl (C=O) groups excluding carboxylic acids is 1. The van der Waals surface area contributed by atoms with Crippen molar-refractivity contribution >= 4 is 29.0 Å². The zero-order chi connectivity index (χ0) is 12.8. The summed E-state index contributed by atoms with van der Waals surface area (Å²) in [4.78, 5) is 11.8. The largest absolute Gasteiger partial charge is 0.321 e. The lowest BCUT2D eigenvalue weighted by molar-refractivity contribution is -0.119. The van der Waals surface area contributed by atoms with Crippen molar-refractivity contribution in [2.45, 2.75) is 38.6 Å². The van der Waals surface area contributed by atoms with Crippen LogP contribution < -0.4 is 5.73 Å². The van der Waals surface area contributed by atoms with Crippen LogP contribution in [0.1, 0.15) is 31.7 Å². The Kier molecular flexibility index (Phi) is 5.96. The van der Waals surface area contributed by atoms with E-state index in [0.717, 1.165) is 24.8 Å². The minimum absolute atomic E-state index is 0.0526. The second kappa shape index (κ2) is 7.00. The van der Waals surface area contributed by atoms with Crippen molar-refractivity contribution in [2.24, 2.45) is 5.73 Å². The number of hydrogen-bond acceptors (Lipinski definition) is 2. The summed E-state index contributed by atoms with van der Waals surface area (Å²) >= 11 is 11.7. The van der Waals surface area contributed by atoms with Crippen molar-refractivity contribution in [3.8, 4) is 0 Å². The molecular formula is C13H17Cl2NO. The highest BCUT2D eigenvalue weighted by atomic mass is 35.5. The number of halogens is 2. The van der Waals surface area contributed by atoms with Crippen LogP contribution in [0.3, 0.4) is 0 Å². The summed E-state index contributed by atoms with van der Waals surface area (Å²) in [7, 11) is 0. The Morgan fingerprint density at radius 3 is 2.65 bits per heavy atom. The summed E-state index contributed by atoms with van der Waals surface area (Å²) < 4.78 is 0. The maximum atomic E-state index is 11.8. The molecular weight excluding hydrogens is 257 g/mol. The molecule has 0 heterocycles. The minimum Gasteiger partial charge on any atom is -0.321 e. The van der Waals surface area contributed by atoms with Gasteiger partial charge in [-0.2, -0.15) is 0 Å². The summed E-state index contributed by atoms with van der Waals surface area (Å²) in [6.07, 6.45) is 3.10. The Labute approximate surface area is 112 Å². The van der Waals surface area contributed by atoms with Gasteiger partial charge in [0, 0.05) is 6.42 Å². The van der Waals surface area contributed by atoms with Gasteiger partial charge >= 0.3 is 0 Å². The van der Waals surface area contributed by atoms with Crippen LogP contribution >= 0.6 is 23.2 Å². The highest BCUT2D eigenvalue weighted by Crippen LogP contribution is 2.23. The maximum absolute atomic E-state index is 11.8. The number of ketones is 1. The molecule has 1 unspecified atom stereocenters. The molecule has 0 bridgehead atoms. The number of Topliss-reactive ketones (excluding diaryl/α,β-unsaturated/α-hetero) is 1. The third kappa shape index (κ3) is 4.66. The van der Waals surface area contributed by atoms with Gasteiger partial charge in [0.1, 0.15) is 0 Å². The fraction of sp³-hybridized carbons (Fsp3) is 0.462. The van der Waals surface area contributed by atoms with Gasteiger partial charge in [0.2, 0.25) is 0 Å². The van der Waals surface area contributed by atoms with E-state index in [1.54, 1.807) is 18.2 Å². The third-order valence-corrected chi connectivity index (χ3v) is 3.38. The zero-order valence-electron chi connectivity index (χ0n) is 9.88. The maximum Gasteiger partial charge on any atom is 0.153 e. The van der Waals surface area contributed by atoms with E-state index in [4.69, 9.17) is 28.9 Å². The molecule has 0 saturated heterocycles. The summed E-state index contributed by atoms with van der Waals surface area (Å²) in [6, 6.07) is 4.85. The first kappa shape index (κ1) is 14.5. The van der Waals surface area contributed by atoms with Gasteiger partial charge in [-0.15, -0.1) is 0 Å². The highest BCUT2D eigenvalue weighted by molar-refractivity contribution is 6.42. The average molecular weight is 274 g/mol. The molecule has 4 heteroatoms.